The highest BCUT2D eigenvalue weighted by Crippen LogP contribution is 2.17. The van der Waals surface area contributed by atoms with Crippen LogP contribution in [0.15, 0.2) is 0 Å². The Kier molecular flexibility index (Phi) is 4.20. The van der Waals surface area contributed by atoms with E-state index in [1.807, 2.05) is 20.9 Å². The molecule has 2 amide bonds. The monoisotopic (exact) mass is 200 g/mol. The van der Waals surface area contributed by atoms with Gasteiger partial charge in [-0.1, -0.05) is 6.92 Å². The molecule has 4 nitrogen and oxygen atoms in total. The first-order valence-electron chi connectivity index (χ1n) is 5.29. The highest BCUT2D eigenvalue weighted by molar-refractivity contribution is 5.74. The summed E-state index contributed by atoms with van der Waals surface area (Å²) in [6.07, 6.45) is 2.07. The molecule has 4 heteroatoms. The summed E-state index contributed by atoms with van der Waals surface area (Å²) in [6, 6.07) is 0.237. The molecule has 0 aromatic heterocycles. The number of urea groups is 1. The van der Waals surface area contributed by atoms with E-state index in [-0.39, 0.29) is 18.2 Å². The number of carbonyl (C=O) groups is 1. The topological polar surface area (TPSA) is 41.6 Å². The first kappa shape index (κ1) is 11.3. The van der Waals surface area contributed by atoms with Gasteiger partial charge in [0.1, 0.15) is 0 Å². The van der Waals surface area contributed by atoms with E-state index in [0.29, 0.717) is 0 Å². The van der Waals surface area contributed by atoms with Crippen LogP contribution in [0.4, 0.5) is 4.79 Å². The summed E-state index contributed by atoms with van der Waals surface area (Å²) < 4.78 is 5.42. The van der Waals surface area contributed by atoms with Gasteiger partial charge >= 0.3 is 6.03 Å². The van der Waals surface area contributed by atoms with Gasteiger partial charge in [-0.25, -0.2) is 4.79 Å². The molecule has 1 aliphatic heterocycles. The first-order valence-corrected chi connectivity index (χ1v) is 5.29. The van der Waals surface area contributed by atoms with Crippen molar-refractivity contribution in [3.8, 4) is 0 Å². The molecule has 2 unspecified atom stereocenters. The van der Waals surface area contributed by atoms with E-state index < -0.39 is 0 Å². The Morgan fingerprint density at radius 2 is 2.36 bits per heavy atom. The van der Waals surface area contributed by atoms with Crippen molar-refractivity contribution in [2.24, 2.45) is 0 Å². The lowest BCUT2D eigenvalue weighted by Gasteiger charge is -2.26. The van der Waals surface area contributed by atoms with Gasteiger partial charge in [0.15, 0.2) is 0 Å². The second kappa shape index (κ2) is 5.20. The number of hydrogen-bond acceptors (Lipinski definition) is 2. The van der Waals surface area contributed by atoms with Crippen LogP contribution < -0.4 is 5.32 Å². The van der Waals surface area contributed by atoms with Crippen LogP contribution in [0.1, 0.15) is 26.7 Å². The predicted molar refractivity (Wildman–Crippen MR) is 55.3 cm³/mol. The molecule has 1 saturated heterocycles. The van der Waals surface area contributed by atoms with Gasteiger partial charge in [-0.3, -0.25) is 0 Å². The summed E-state index contributed by atoms with van der Waals surface area (Å²) in [5, 5.41) is 2.86. The minimum absolute atomic E-state index is 0.00852. The molecular weight excluding hydrogens is 180 g/mol. The minimum Gasteiger partial charge on any atom is -0.376 e. The fraction of sp³-hybridized carbons (Fsp3) is 0.900. The average molecular weight is 200 g/mol. The van der Waals surface area contributed by atoms with Crippen LogP contribution in [-0.2, 0) is 4.74 Å². The first-order chi connectivity index (χ1) is 6.66. The zero-order chi connectivity index (χ0) is 10.6. The van der Waals surface area contributed by atoms with Crippen LogP contribution in [0.5, 0.6) is 0 Å². The maximum atomic E-state index is 11.6. The summed E-state index contributed by atoms with van der Waals surface area (Å²) in [5.41, 5.74) is 0. The van der Waals surface area contributed by atoms with Crippen LogP contribution in [0, 0.1) is 0 Å². The van der Waals surface area contributed by atoms with Gasteiger partial charge in [-0.05, 0) is 19.8 Å². The number of nitrogens with zero attached hydrogens (tertiary/aromatic N) is 1. The molecule has 1 N–H and O–H groups in total. The van der Waals surface area contributed by atoms with Crippen LogP contribution in [-0.4, -0.2) is 43.3 Å². The summed E-state index contributed by atoms with van der Waals surface area (Å²) in [7, 11) is 1.83. The quantitative estimate of drug-likeness (QED) is 0.744. The van der Waals surface area contributed by atoms with Crippen molar-refractivity contribution in [2.75, 3.05) is 20.2 Å². The molecule has 1 fully saturated rings. The maximum absolute atomic E-state index is 11.6. The van der Waals surface area contributed by atoms with Gasteiger partial charge in [0.2, 0.25) is 0 Å². The van der Waals surface area contributed by atoms with E-state index in [9.17, 15) is 4.79 Å². The van der Waals surface area contributed by atoms with Crippen molar-refractivity contribution >= 4 is 6.03 Å². The van der Waals surface area contributed by atoms with Gasteiger partial charge < -0.3 is 15.0 Å². The highest BCUT2D eigenvalue weighted by atomic mass is 16.5. The second-order valence-corrected chi connectivity index (χ2v) is 3.77. The molecule has 1 aliphatic rings. The van der Waals surface area contributed by atoms with E-state index in [1.165, 1.54) is 0 Å². The molecule has 0 aromatic rings. The smallest absolute Gasteiger partial charge is 0.317 e. The van der Waals surface area contributed by atoms with E-state index in [1.54, 1.807) is 4.90 Å². The number of amides is 2. The lowest BCUT2D eigenvalue weighted by molar-refractivity contribution is 0.0907. The lowest BCUT2D eigenvalue weighted by atomic mass is 10.1. The summed E-state index contributed by atoms with van der Waals surface area (Å²) in [4.78, 5) is 13.4. The SMILES string of the molecule is CCCNC(=O)N(C)C1CCOC1C. The maximum Gasteiger partial charge on any atom is 0.317 e. The number of hydrogen-bond donors (Lipinski definition) is 1. The highest BCUT2D eigenvalue weighted by Gasteiger charge is 2.30. The Balaban J connectivity index is 2.39. The van der Waals surface area contributed by atoms with Gasteiger partial charge in [0.05, 0.1) is 12.1 Å². The number of likely N-dealkylation sites (N-methyl/N-ethyl adjacent to an activating group) is 1. The molecule has 14 heavy (non-hydrogen) atoms. The third-order valence-electron chi connectivity index (χ3n) is 2.68. The van der Waals surface area contributed by atoms with Crippen molar-refractivity contribution in [3.05, 3.63) is 0 Å². The van der Waals surface area contributed by atoms with E-state index in [4.69, 9.17) is 4.74 Å². The summed E-state index contributed by atoms with van der Waals surface area (Å²) in [6.45, 7) is 5.56. The normalized spacial score (nSPS) is 26.2. The standard InChI is InChI=1S/C10H20N2O2/c1-4-6-11-10(13)12(3)9-5-7-14-8(9)2/h8-9H,4-7H2,1-3H3,(H,11,13). The minimum atomic E-state index is 0.00852. The molecule has 0 saturated carbocycles. The van der Waals surface area contributed by atoms with Crippen molar-refractivity contribution < 1.29 is 9.53 Å². The molecule has 2 atom stereocenters. The molecular formula is C10H20N2O2. The number of carbonyl (C=O) groups excluding carboxylic acids is 1. The average Bonchev–Trinajstić information content (AvgIpc) is 2.59. The Bertz CT molecular complexity index is 197. The zero-order valence-electron chi connectivity index (χ0n) is 9.25. The Labute approximate surface area is 85.6 Å². The third kappa shape index (κ3) is 2.61. The Hall–Kier alpha value is -0.770. The van der Waals surface area contributed by atoms with E-state index in [0.717, 1.165) is 26.0 Å². The van der Waals surface area contributed by atoms with E-state index in [2.05, 4.69) is 5.32 Å². The molecule has 1 rings (SSSR count). The molecule has 1 heterocycles. The van der Waals surface area contributed by atoms with Gasteiger partial charge in [0.25, 0.3) is 0 Å². The van der Waals surface area contributed by atoms with Crippen LogP contribution in [0.2, 0.25) is 0 Å². The van der Waals surface area contributed by atoms with Gasteiger partial charge in [-0.2, -0.15) is 0 Å². The van der Waals surface area contributed by atoms with Gasteiger partial charge in [-0.15, -0.1) is 0 Å². The Morgan fingerprint density at radius 3 is 2.86 bits per heavy atom. The zero-order valence-corrected chi connectivity index (χ0v) is 9.25. The van der Waals surface area contributed by atoms with Crippen molar-refractivity contribution in [1.29, 1.82) is 0 Å². The largest absolute Gasteiger partial charge is 0.376 e. The summed E-state index contributed by atoms with van der Waals surface area (Å²) >= 11 is 0. The van der Waals surface area contributed by atoms with Crippen molar-refractivity contribution in [3.63, 3.8) is 0 Å². The van der Waals surface area contributed by atoms with Crippen LogP contribution in [0.3, 0.4) is 0 Å². The molecule has 0 radical (unpaired) electrons. The third-order valence-corrected chi connectivity index (χ3v) is 2.68. The lowest BCUT2D eigenvalue weighted by Crippen LogP contribution is -2.46. The number of ether oxygens (including phenoxy) is 1. The fourth-order valence-corrected chi connectivity index (χ4v) is 1.74. The number of rotatable bonds is 3. The molecule has 0 aliphatic carbocycles. The number of nitrogens with one attached hydrogen (secondary N) is 1. The second-order valence-electron chi connectivity index (χ2n) is 3.77. The van der Waals surface area contributed by atoms with E-state index >= 15 is 0 Å². The van der Waals surface area contributed by atoms with Crippen LogP contribution in [0.25, 0.3) is 0 Å². The van der Waals surface area contributed by atoms with Crippen molar-refractivity contribution in [1.82, 2.24) is 10.2 Å². The summed E-state index contributed by atoms with van der Waals surface area (Å²) in [5.74, 6) is 0. The predicted octanol–water partition coefficient (Wildman–Crippen LogP) is 1.22. The molecule has 82 valence electrons. The fourth-order valence-electron chi connectivity index (χ4n) is 1.74. The molecule has 0 bridgehead atoms. The molecule has 0 spiro atoms. The molecule has 0 aromatic carbocycles. The van der Waals surface area contributed by atoms with Crippen LogP contribution >= 0.6 is 0 Å². The van der Waals surface area contributed by atoms with Crippen molar-refractivity contribution in [2.45, 2.75) is 38.8 Å². The Morgan fingerprint density at radius 1 is 1.64 bits per heavy atom. The van der Waals surface area contributed by atoms with Gasteiger partial charge in [0, 0.05) is 20.2 Å².